The zero-order valence-corrected chi connectivity index (χ0v) is 24.9. The molecule has 6 rings (SSSR count). The zero-order valence-electron chi connectivity index (χ0n) is 24.1. The number of pyridine rings is 1. The second-order valence-corrected chi connectivity index (χ2v) is 11.1. The van der Waals surface area contributed by atoms with Crippen LogP contribution in [0.25, 0.3) is 16.6 Å². The van der Waals surface area contributed by atoms with Crippen LogP contribution in [0.5, 0.6) is 11.6 Å². The van der Waals surface area contributed by atoms with Crippen molar-refractivity contribution in [3.8, 4) is 17.3 Å². The molecule has 1 aliphatic heterocycles. The fraction of sp³-hybridized carbons (Fsp3) is 0.226. The SMILES string of the molecule is Cc1cc2cc(C(=O)c3cnn(-c4cnc(Oc5ccccc5F)cc4C)c3N)[nH]c2cc1NSCC(=O)N1CCOCC1. The van der Waals surface area contributed by atoms with Crippen LogP contribution in [0.1, 0.15) is 27.2 Å². The molecule has 0 saturated carbocycles. The first-order valence-electron chi connectivity index (χ1n) is 13.9. The number of carbonyl (C=O) groups is 2. The molecule has 1 aliphatic rings. The highest BCUT2D eigenvalue weighted by Gasteiger charge is 2.22. The maximum absolute atomic E-state index is 14.0. The number of para-hydroxylation sites is 1. The van der Waals surface area contributed by atoms with E-state index in [0.29, 0.717) is 49.0 Å². The Hall–Kier alpha value is -4.88. The zero-order chi connectivity index (χ0) is 30.8. The first-order chi connectivity index (χ1) is 21.3. The number of H-pyrrole nitrogens is 1. The third-order valence-electron chi connectivity index (χ3n) is 7.34. The Bertz CT molecular complexity index is 1870. The molecule has 1 amide bonds. The minimum absolute atomic E-state index is 0.0627. The van der Waals surface area contributed by atoms with Crippen LogP contribution in [0.3, 0.4) is 0 Å². The van der Waals surface area contributed by atoms with E-state index in [9.17, 15) is 14.0 Å². The molecule has 0 radical (unpaired) electrons. The summed E-state index contributed by atoms with van der Waals surface area (Å²) >= 11 is 1.33. The summed E-state index contributed by atoms with van der Waals surface area (Å²) in [5.74, 6) is -0.0199. The number of ketones is 1. The number of morpholine rings is 1. The molecule has 4 N–H and O–H groups in total. The van der Waals surface area contributed by atoms with Gasteiger partial charge in [0.15, 0.2) is 11.6 Å². The number of aromatic nitrogens is 4. The molecular weight excluding hydrogens is 585 g/mol. The molecule has 0 aliphatic carbocycles. The third-order valence-corrected chi connectivity index (χ3v) is 8.10. The van der Waals surface area contributed by atoms with Gasteiger partial charge in [0.25, 0.3) is 0 Å². The van der Waals surface area contributed by atoms with Crippen LogP contribution in [0.2, 0.25) is 0 Å². The van der Waals surface area contributed by atoms with Gasteiger partial charge in [-0.3, -0.25) is 9.59 Å². The number of amides is 1. The number of halogens is 1. The number of nitrogens with one attached hydrogen (secondary N) is 2. The normalized spacial score (nSPS) is 13.3. The van der Waals surface area contributed by atoms with E-state index in [1.165, 1.54) is 41.2 Å². The lowest BCUT2D eigenvalue weighted by molar-refractivity contribution is -0.132. The van der Waals surface area contributed by atoms with E-state index in [1.54, 1.807) is 29.2 Å². The summed E-state index contributed by atoms with van der Waals surface area (Å²) < 4.78 is 29.6. The highest BCUT2D eigenvalue weighted by molar-refractivity contribution is 8.01. The summed E-state index contributed by atoms with van der Waals surface area (Å²) in [6.45, 7) is 6.14. The number of benzene rings is 2. The Morgan fingerprint density at radius 2 is 1.91 bits per heavy atom. The van der Waals surface area contributed by atoms with Crippen LogP contribution in [0.4, 0.5) is 15.9 Å². The summed E-state index contributed by atoms with van der Waals surface area (Å²) in [7, 11) is 0. The van der Waals surface area contributed by atoms with Gasteiger partial charge in [-0.05, 0) is 67.3 Å². The summed E-state index contributed by atoms with van der Waals surface area (Å²) in [5, 5.41) is 5.21. The minimum atomic E-state index is -0.495. The largest absolute Gasteiger partial charge is 0.436 e. The van der Waals surface area contributed by atoms with Crippen LogP contribution in [0.15, 0.2) is 60.9 Å². The number of hydrogen-bond acceptors (Lipinski definition) is 9. The van der Waals surface area contributed by atoms with Crippen LogP contribution in [-0.4, -0.2) is 68.4 Å². The van der Waals surface area contributed by atoms with Crippen molar-refractivity contribution in [2.24, 2.45) is 0 Å². The first kappa shape index (κ1) is 29.2. The van der Waals surface area contributed by atoms with Gasteiger partial charge < -0.3 is 29.8 Å². The number of anilines is 2. The first-order valence-corrected chi connectivity index (χ1v) is 14.9. The number of nitrogens with two attached hydrogens (primary N) is 1. The van der Waals surface area contributed by atoms with Crippen molar-refractivity contribution in [1.29, 1.82) is 0 Å². The number of fused-ring (bicyclic) bond motifs is 1. The van der Waals surface area contributed by atoms with Crippen molar-refractivity contribution in [1.82, 2.24) is 24.6 Å². The van der Waals surface area contributed by atoms with E-state index in [-0.39, 0.29) is 34.7 Å². The molecule has 226 valence electrons. The van der Waals surface area contributed by atoms with Crippen molar-refractivity contribution >= 4 is 46.0 Å². The topological polar surface area (TPSA) is 140 Å². The smallest absolute Gasteiger partial charge is 0.234 e. The van der Waals surface area contributed by atoms with Crippen LogP contribution in [-0.2, 0) is 9.53 Å². The summed E-state index contributed by atoms with van der Waals surface area (Å²) in [6.07, 6.45) is 2.93. The van der Waals surface area contributed by atoms with Crippen molar-refractivity contribution in [3.05, 3.63) is 89.1 Å². The Kier molecular flexibility index (Phi) is 8.22. The Balaban J connectivity index is 1.16. The average Bonchev–Trinajstić information content (AvgIpc) is 3.61. The van der Waals surface area contributed by atoms with Crippen LogP contribution in [0, 0.1) is 19.7 Å². The second-order valence-electron chi connectivity index (χ2n) is 10.3. The lowest BCUT2D eigenvalue weighted by Gasteiger charge is -2.26. The van der Waals surface area contributed by atoms with Gasteiger partial charge in [0.2, 0.25) is 17.6 Å². The van der Waals surface area contributed by atoms with Crippen molar-refractivity contribution in [2.45, 2.75) is 13.8 Å². The van der Waals surface area contributed by atoms with E-state index in [4.69, 9.17) is 15.2 Å². The van der Waals surface area contributed by atoms with Gasteiger partial charge in [-0.15, -0.1) is 0 Å². The monoisotopic (exact) mass is 615 g/mol. The average molecular weight is 616 g/mol. The Morgan fingerprint density at radius 3 is 2.68 bits per heavy atom. The minimum Gasteiger partial charge on any atom is -0.436 e. The Labute approximate surface area is 256 Å². The van der Waals surface area contributed by atoms with Gasteiger partial charge in [-0.25, -0.2) is 14.1 Å². The van der Waals surface area contributed by atoms with Gasteiger partial charge in [0.1, 0.15) is 5.82 Å². The predicted molar refractivity (Wildman–Crippen MR) is 167 cm³/mol. The Morgan fingerprint density at radius 1 is 1.11 bits per heavy atom. The summed E-state index contributed by atoms with van der Waals surface area (Å²) in [6, 6.07) is 13.4. The lowest BCUT2D eigenvalue weighted by atomic mass is 10.1. The van der Waals surface area contributed by atoms with Gasteiger partial charge in [0, 0.05) is 35.7 Å². The van der Waals surface area contributed by atoms with E-state index in [0.717, 1.165) is 22.2 Å². The van der Waals surface area contributed by atoms with Gasteiger partial charge in [0.05, 0.1) is 48.3 Å². The summed E-state index contributed by atoms with van der Waals surface area (Å²) in [5.41, 5.74) is 10.8. The lowest BCUT2D eigenvalue weighted by Crippen LogP contribution is -2.41. The molecule has 3 aromatic heterocycles. The van der Waals surface area contributed by atoms with E-state index in [1.807, 2.05) is 26.0 Å². The second kappa shape index (κ2) is 12.4. The van der Waals surface area contributed by atoms with Crippen LogP contribution >= 0.6 is 11.9 Å². The van der Waals surface area contributed by atoms with Gasteiger partial charge in [-0.1, -0.05) is 12.1 Å². The van der Waals surface area contributed by atoms with Gasteiger partial charge >= 0.3 is 0 Å². The van der Waals surface area contributed by atoms with E-state index < -0.39 is 5.82 Å². The maximum Gasteiger partial charge on any atom is 0.234 e. The molecule has 5 aromatic rings. The molecular formula is C31H30FN7O4S. The highest BCUT2D eigenvalue weighted by Crippen LogP contribution is 2.29. The predicted octanol–water partition coefficient (Wildman–Crippen LogP) is 5.03. The molecule has 11 nitrogen and oxygen atoms in total. The molecule has 2 aromatic carbocycles. The number of rotatable bonds is 9. The molecule has 44 heavy (non-hydrogen) atoms. The molecule has 0 atom stereocenters. The highest BCUT2D eigenvalue weighted by atomic mass is 32.2. The fourth-order valence-corrected chi connectivity index (χ4v) is 5.67. The number of nitrogen functional groups attached to an aromatic ring is 1. The number of ether oxygens (including phenoxy) is 2. The van der Waals surface area contributed by atoms with Crippen molar-refractivity contribution in [2.75, 3.05) is 42.5 Å². The van der Waals surface area contributed by atoms with Gasteiger partial charge in [-0.2, -0.15) is 5.10 Å². The standard InChI is InChI=1S/C31H30FN7O4S/c1-18-11-20-13-25(36-24(20)14-23(18)37-44-17-29(40)38-7-9-42-10-8-38)30(41)21-15-35-39(31(21)33)26-16-34-28(12-19(26)2)43-27-6-4-3-5-22(27)32/h3-6,11-16,36-37H,7-10,17,33H2,1-2H3. The fourth-order valence-electron chi connectivity index (χ4n) is 4.92. The number of aryl methyl sites for hydroxylation is 2. The van der Waals surface area contributed by atoms with E-state index in [2.05, 4.69) is 19.8 Å². The molecule has 0 unspecified atom stereocenters. The molecule has 1 saturated heterocycles. The molecule has 1 fully saturated rings. The number of hydrogen-bond donors (Lipinski definition) is 3. The number of aromatic amines is 1. The molecule has 0 spiro atoms. The number of nitrogens with zero attached hydrogens (tertiary/aromatic N) is 4. The molecule has 13 heteroatoms. The van der Waals surface area contributed by atoms with E-state index >= 15 is 0 Å². The molecule has 4 heterocycles. The van der Waals surface area contributed by atoms with Crippen molar-refractivity contribution < 1.29 is 23.5 Å². The quantitative estimate of drug-likeness (QED) is 0.154. The number of carbonyl (C=O) groups excluding carboxylic acids is 2. The maximum atomic E-state index is 14.0. The molecule has 0 bridgehead atoms. The third kappa shape index (κ3) is 5.96. The van der Waals surface area contributed by atoms with Crippen LogP contribution < -0.4 is 15.2 Å². The van der Waals surface area contributed by atoms with Crippen molar-refractivity contribution in [3.63, 3.8) is 0 Å². The summed E-state index contributed by atoms with van der Waals surface area (Å²) in [4.78, 5) is 35.3.